The van der Waals surface area contributed by atoms with Crippen LogP contribution in [-0.4, -0.2) is 25.2 Å². The van der Waals surface area contributed by atoms with Crippen molar-refractivity contribution in [1.82, 2.24) is 0 Å². The highest BCUT2D eigenvalue weighted by Crippen LogP contribution is 2.51. The number of fused-ring (bicyclic) bond motifs is 2. The smallest absolute Gasteiger partial charge is 0.312 e. The van der Waals surface area contributed by atoms with Crippen LogP contribution in [0.2, 0.25) is 0 Å². The highest BCUT2D eigenvalue weighted by molar-refractivity contribution is 5.78. The van der Waals surface area contributed by atoms with Gasteiger partial charge in [-0.1, -0.05) is 41.0 Å². The average molecular weight is 395 g/mol. The second-order valence-corrected chi connectivity index (χ2v) is 10.9. The predicted octanol–water partition coefficient (Wildman–Crippen LogP) is 5.78. The number of esters is 2. The van der Waals surface area contributed by atoms with Crippen LogP contribution in [0.4, 0.5) is 0 Å². The van der Waals surface area contributed by atoms with E-state index in [4.69, 9.17) is 9.47 Å². The zero-order valence-electron chi connectivity index (χ0n) is 19.2. The largest absolute Gasteiger partial charge is 0.462 e. The predicted molar refractivity (Wildman–Crippen MR) is 112 cm³/mol. The van der Waals surface area contributed by atoms with Crippen LogP contribution in [0.25, 0.3) is 0 Å². The van der Waals surface area contributed by atoms with Crippen molar-refractivity contribution in [2.75, 3.05) is 13.2 Å². The van der Waals surface area contributed by atoms with Gasteiger partial charge >= 0.3 is 11.9 Å². The molecule has 2 saturated carbocycles. The number of hydrogen-bond donors (Lipinski definition) is 0. The van der Waals surface area contributed by atoms with Crippen molar-refractivity contribution in [3.63, 3.8) is 0 Å². The minimum atomic E-state index is -0.542. The van der Waals surface area contributed by atoms with E-state index >= 15 is 0 Å². The molecule has 3 atom stereocenters. The number of carbonyl (C=O) groups is 2. The average Bonchev–Trinajstić information content (AvgIpc) is 2.61. The van der Waals surface area contributed by atoms with Gasteiger partial charge in [-0.2, -0.15) is 0 Å². The van der Waals surface area contributed by atoms with E-state index in [1.165, 1.54) is 25.7 Å². The van der Waals surface area contributed by atoms with Crippen LogP contribution < -0.4 is 0 Å². The standard InChI is InChI=1S/C24H42O4/c1-8-17-12-18-14-19(13-17)16-23(6,15-18)20(25)27-10-11-28-21(26)24(7,9-2)22(3,4)5/h17-19H,8-16H2,1-7H3. The lowest BCUT2D eigenvalue weighted by Gasteiger charge is -2.46. The van der Waals surface area contributed by atoms with Crippen LogP contribution in [0, 0.1) is 34.0 Å². The topological polar surface area (TPSA) is 52.6 Å². The van der Waals surface area contributed by atoms with Gasteiger partial charge in [-0.15, -0.1) is 0 Å². The number of carbonyl (C=O) groups excluding carboxylic acids is 2. The normalized spacial score (nSPS) is 32.3. The van der Waals surface area contributed by atoms with Crippen LogP contribution in [0.3, 0.4) is 0 Å². The molecular formula is C24H42O4. The van der Waals surface area contributed by atoms with E-state index in [0.29, 0.717) is 18.3 Å². The molecule has 0 aromatic heterocycles. The van der Waals surface area contributed by atoms with Crippen molar-refractivity contribution in [2.45, 2.75) is 93.4 Å². The molecule has 0 radical (unpaired) electrons. The lowest BCUT2D eigenvalue weighted by Crippen LogP contribution is -2.43. The third-order valence-corrected chi connectivity index (χ3v) is 7.91. The maximum Gasteiger partial charge on any atom is 0.312 e. The SMILES string of the molecule is CCC1CC2CC(C1)CC(C)(C(=O)OCCOC(=O)C(C)(CC)C(C)(C)C)C2. The Labute approximate surface area is 172 Å². The second kappa shape index (κ2) is 8.75. The lowest BCUT2D eigenvalue weighted by molar-refractivity contribution is -0.170. The fraction of sp³-hybridized carbons (Fsp3) is 0.917. The zero-order valence-corrected chi connectivity index (χ0v) is 19.2. The van der Waals surface area contributed by atoms with Crippen LogP contribution in [-0.2, 0) is 19.1 Å². The molecule has 4 nitrogen and oxygen atoms in total. The molecule has 0 heterocycles. The Morgan fingerprint density at radius 2 is 1.46 bits per heavy atom. The first-order chi connectivity index (χ1) is 12.9. The Morgan fingerprint density at radius 3 is 1.93 bits per heavy atom. The van der Waals surface area contributed by atoms with Gasteiger partial charge in [0, 0.05) is 0 Å². The molecular weight excluding hydrogens is 352 g/mol. The molecule has 2 fully saturated rings. The van der Waals surface area contributed by atoms with Crippen molar-refractivity contribution in [3.05, 3.63) is 0 Å². The molecule has 0 amide bonds. The zero-order chi connectivity index (χ0) is 21.2. The maximum atomic E-state index is 12.8. The monoisotopic (exact) mass is 394 g/mol. The summed E-state index contributed by atoms with van der Waals surface area (Å²) in [7, 11) is 0. The first-order valence-electron chi connectivity index (χ1n) is 11.3. The summed E-state index contributed by atoms with van der Waals surface area (Å²) < 4.78 is 11.1. The third-order valence-electron chi connectivity index (χ3n) is 7.91. The molecule has 0 aromatic rings. The number of ether oxygens (including phenoxy) is 2. The molecule has 2 aliphatic carbocycles. The molecule has 0 N–H and O–H groups in total. The Balaban J connectivity index is 1.82. The van der Waals surface area contributed by atoms with Gasteiger partial charge in [-0.25, -0.2) is 0 Å². The summed E-state index contributed by atoms with van der Waals surface area (Å²) in [4.78, 5) is 25.4. The first kappa shape index (κ1) is 23.2. The molecule has 0 saturated heterocycles. The fourth-order valence-electron chi connectivity index (χ4n) is 5.48. The van der Waals surface area contributed by atoms with Gasteiger partial charge in [-0.05, 0) is 75.5 Å². The van der Waals surface area contributed by atoms with Crippen molar-refractivity contribution < 1.29 is 19.1 Å². The van der Waals surface area contributed by atoms with E-state index in [1.54, 1.807) is 0 Å². The Hall–Kier alpha value is -1.06. The molecule has 3 unspecified atom stereocenters. The Kier molecular flexibility index (Phi) is 7.26. The van der Waals surface area contributed by atoms with Crippen molar-refractivity contribution in [3.8, 4) is 0 Å². The lowest BCUT2D eigenvalue weighted by atomic mass is 9.59. The highest BCUT2D eigenvalue weighted by Gasteiger charge is 2.47. The minimum Gasteiger partial charge on any atom is -0.462 e. The van der Waals surface area contributed by atoms with Gasteiger partial charge in [0.1, 0.15) is 13.2 Å². The number of hydrogen-bond acceptors (Lipinski definition) is 4. The Bertz CT molecular complexity index is 547. The highest BCUT2D eigenvalue weighted by atomic mass is 16.6. The van der Waals surface area contributed by atoms with Gasteiger partial charge in [0.05, 0.1) is 10.8 Å². The molecule has 0 aliphatic heterocycles. The van der Waals surface area contributed by atoms with E-state index in [1.807, 2.05) is 13.8 Å². The van der Waals surface area contributed by atoms with E-state index in [9.17, 15) is 9.59 Å². The Morgan fingerprint density at radius 1 is 0.929 bits per heavy atom. The molecule has 0 spiro atoms. The summed E-state index contributed by atoms with van der Waals surface area (Å²) in [5.41, 5.74) is -1.10. The molecule has 2 rings (SSSR count). The van der Waals surface area contributed by atoms with Crippen molar-refractivity contribution >= 4 is 11.9 Å². The molecule has 2 aliphatic rings. The summed E-state index contributed by atoms with van der Waals surface area (Å²) in [5, 5.41) is 0. The molecule has 28 heavy (non-hydrogen) atoms. The molecule has 162 valence electrons. The van der Waals surface area contributed by atoms with Crippen LogP contribution >= 0.6 is 0 Å². The summed E-state index contributed by atoms with van der Waals surface area (Å²) in [6, 6.07) is 0. The summed E-state index contributed by atoms with van der Waals surface area (Å²) in [5.74, 6) is 1.83. The van der Waals surface area contributed by atoms with Crippen molar-refractivity contribution in [2.24, 2.45) is 34.0 Å². The van der Waals surface area contributed by atoms with Gasteiger partial charge < -0.3 is 9.47 Å². The second-order valence-electron chi connectivity index (χ2n) is 10.9. The van der Waals surface area contributed by atoms with E-state index in [0.717, 1.165) is 18.8 Å². The van der Waals surface area contributed by atoms with Gasteiger partial charge in [0.15, 0.2) is 0 Å². The molecule has 2 bridgehead atoms. The van der Waals surface area contributed by atoms with Gasteiger partial charge in [0.2, 0.25) is 0 Å². The quantitative estimate of drug-likeness (QED) is 0.406. The van der Waals surface area contributed by atoms with E-state index < -0.39 is 5.41 Å². The molecule has 4 heteroatoms. The summed E-state index contributed by atoms with van der Waals surface area (Å²) in [6.45, 7) is 14.8. The maximum absolute atomic E-state index is 12.8. The molecule has 0 aromatic carbocycles. The van der Waals surface area contributed by atoms with Crippen LogP contribution in [0.5, 0.6) is 0 Å². The van der Waals surface area contributed by atoms with E-state index in [2.05, 4.69) is 34.6 Å². The van der Waals surface area contributed by atoms with Gasteiger partial charge in [-0.3, -0.25) is 9.59 Å². The van der Waals surface area contributed by atoms with E-state index in [-0.39, 0.29) is 36.0 Å². The fourth-order valence-corrected chi connectivity index (χ4v) is 5.48. The first-order valence-corrected chi connectivity index (χ1v) is 11.3. The third kappa shape index (κ3) is 4.91. The summed E-state index contributed by atoms with van der Waals surface area (Å²) in [6.07, 6.45) is 7.65. The van der Waals surface area contributed by atoms with Crippen LogP contribution in [0.15, 0.2) is 0 Å². The summed E-state index contributed by atoms with van der Waals surface area (Å²) >= 11 is 0. The number of rotatable bonds is 7. The van der Waals surface area contributed by atoms with Crippen molar-refractivity contribution in [1.29, 1.82) is 0 Å². The van der Waals surface area contributed by atoms with Crippen LogP contribution in [0.1, 0.15) is 93.4 Å². The van der Waals surface area contributed by atoms with Gasteiger partial charge in [0.25, 0.3) is 0 Å². The minimum absolute atomic E-state index is 0.109.